The highest BCUT2D eigenvalue weighted by molar-refractivity contribution is 4.80. The normalized spacial score (nSPS) is 45.6. The molecular formula is C14H26O2. The summed E-state index contributed by atoms with van der Waals surface area (Å²) >= 11 is 0. The number of aliphatic hydroxyl groups excluding tert-OH is 1. The van der Waals surface area contributed by atoms with Crippen molar-refractivity contribution in [1.29, 1.82) is 0 Å². The molecule has 2 rings (SSSR count). The highest BCUT2D eigenvalue weighted by atomic mass is 16.5. The van der Waals surface area contributed by atoms with Crippen LogP contribution >= 0.6 is 0 Å². The molecule has 0 saturated heterocycles. The van der Waals surface area contributed by atoms with Crippen molar-refractivity contribution in [3.63, 3.8) is 0 Å². The number of aliphatic hydroxyl groups is 1. The molecule has 2 heteroatoms. The predicted molar refractivity (Wildman–Crippen MR) is 65.3 cm³/mol. The second-order valence-electron chi connectivity index (χ2n) is 5.92. The first kappa shape index (κ1) is 12.4. The molecule has 0 spiro atoms. The lowest BCUT2D eigenvalue weighted by molar-refractivity contribution is -0.111. The fourth-order valence-electron chi connectivity index (χ4n) is 3.10. The minimum absolute atomic E-state index is 0.124. The molecule has 0 heterocycles. The zero-order valence-electron chi connectivity index (χ0n) is 10.7. The van der Waals surface area contributed by atoms with Crippen LogP contribution in [0.1, 0.15) is 58.8 Å². The standard InChI is InChI=1S/C14H26O2/c1-10-7-8-12(9-11(10)2)16-14-6-4-3-5-13(14)15/h10-15H,3-9H2,1-2H3. The average Bonchev–Trinajstić information content (AvgIpc) is 2.27. The van der Waals surface area contributed by atoms with Crippen molar-refractivity contribution in [3.05, 3.63) is 0 Å². The molecule has 0 aromatic carbocycles. The van der Waals surface area contributed by atoms with Gasteiger partial charge >= 0.3 is 0 Å². The first-order valence-electron chi connectivity index (χ1n) is 7.00. The lowest BCUT2D eigenvalue weighted by Gasteiger charge is -2.36. The smallest absolute Gasteiger partial charge is 0.0837 e. The molecule has 1 N–H and O–H groups in total. The van der Waals surface area contributed by atoms with E-state index in [1.807, 2.05) is 0 Å². The predicted octanol–water partition coefficient (Wildman–Crippen LogP) is 3.13. The molecule has 2 fully saturated rings. The van der Waals surface area contributed by atoms with E-state index in [1.165, 1.54) is 32.1 Å². The Morgan fingerprint density at radius 2 is 1.69 bits per heavy atom. The maximum absolute atomic E-state index is 9.89. The summed E-state index contributed by atoms with van der Waals surface area (Å²) in [6, 6.07) is 0. The van der Waals surface area contributed by atoms with Gasteiger partial charge in [0, 0.05) is 0 Å². The molecule has 5 atom stereocenters. The van der Waals surface area contributed by atoms with Crippen molar-refractivity contribution in [3.8, 4) is 0 Å². The lowest BCUT2D eigenvalue weighted by Crippen LogP contribution is -2.38. The lowest BCUT2D eigenvalue weighted by atomic mass is 9.80. The van der Waals surface area contributed by atoms with Crippen LogP contribution in [0, 0.1) is 11.8 Å². The monoisotopic (exact) mass is 226 g/mol. The quantitative estimate of drug-likeness (QED) is 0.784. The van der Waals surface area contributed by atoms with Gasteiger partial charge in [-0.15, -0.1) is 0 Å². The molecule has 16 heavy (non-hydrogen) atoms. The van der Waals surface area contributed by atoms with Crippen LogP contribution < -0.4 is 0 Å². The van der Waals surface area contributed by atoms with E-state index < -0.39 is 0 Å². The van der Waals surface area contributed by atoms with Crippen LogP contribution in [-0.4, -0.2) is 23.4 Å². The molecule has 2 nitrogen and oxygen atoms in total. The largest absolute Gasteiger partial charge is 0.390 e. The van der Waals surface area contributed by atoms with Gasteiger partial charge in [0.1, 0.15) is 0 Å². The zero-order chi connectivity index (χ0) is 11.5. The third-order valence-corrected chi connectivity index (χ3v) is 4.58. The fraction of sp³-hybridized carbons (Fsp3) is 1.00. The maximum atomic E-state index is 9.89. The SMILES string of the molecule is CC1CCC(OC2CCCCC2O)CC1C. The summed E-state index contributed by atoms with van der Waals surface area (Å²) in [6.45, 7) is 4.67. The molecule has 0 aromatic heterocycles. The van der Waals surface area contributed by atoms with Crippen molar-refractivity contribution in [2.75, 3.05) is 0 Å². The summed E-state index contributed by atoms with van der Waals surface area (Å²) in [5, 5.41) is 9.89. The van der Waals surface area contributed by atoms with Crippen LogP contribution in [0.25, 0.3) is 0 Å². The van der Waals surface area contributed by atoms with E-state index in [9.17, 15) is 5.11 Å². The molecule has 5 unspecified atom stereocenters. The van der Waals surface area contributed by atoms with Crippen LogP contribution in [0.4, 0.5) is 0 Å². The Balaban J connectivity index is 1.80. The van der Waals surface area contributed by atoms with Gasteiger partial charge in [0.2, 0.25) is 0 Å². The third kappa shape index (κ3) is 2.98. The van der Waals surface area contributed by atoms with E-state index in [1.54, 1.807) is 0 Å². The molecule has 0 aromatic rings. The summed E-state index contributed by atoms with van der Waals surface area (Å²) in [5.41, 5.74) is 0. The van der Waals surface area contributed by atoms with E-state index in [0.717, 1.165) is 24.7 Å². The summed E-state index contributed by atoms with van der Waals surface area (Å²) in [4.78, 5) is 0. The second-order valence-corrected chi connectivity index (χ2v) is 5.92. The van der Waals surface area contributed by atoms with Crippen LogP contribution in [0.3, 0.4) is 0 Å². The van der Waals surface area contributed by atoms with Gasteiger partial charge in [-0.2, -0.15) is 0 Å². The van der Waals surface area contributed by atoms with E-state index in [-0.39, 0.29) is 12.2 Å². The van der Waals surface area contributed by atoms with Crippen LogP contribution in [0.2, 0.25) is 0 Å². The van der Waals surface area contributed by atoms with Crippen molar-refractivity contribution < 1.29 is 9.84 Å². The number of hydrogen-bond acceptors (Lipinski definition) is 2. The molecule has 0 aliphatic heterocycles. The van der Waals surface area contributed by atoms with Gasteiger partial charge in [0.05, 0.1) is 18.3 Å². The van der Waals surface area contributed by atoms with E-state index >= 15 is 0 Å². The Bertz CT molecular complexity index is 217. The van der Waals surface area contributed by atoms with Gasteiger partial charge < -0.3 is 9.84 Å². The first-order chi connectivity index (χ1) is 7.66. The Kier molecular flexibility index (Phi) is 4.26. The Morgan fingerprint density at radius 3 is 2.38 bits per heavy atom. The fourth-order valence-corrected chi connectivity index (χ4v) is 3.10. The van der Waals surface area contributed by atoms with Crippen molar-refractivity contribution in [2.45, 2.75) is 77.1 Å². The summed E-state index contributed by atoms with van der Waals surface area (Å²) in [5.74, 6) is 1.62. The Morgan fingerprint density at radius 1 is 0.938 bits per heavy atom. The summed E-state index contributed by atoms with van der Waals surface area (Å²) in [7, 11) is 0. The average molecular weight is 226 g/mol. The molecule has 2 saturated carbocycles. The molecule has 2 aliphatic carbocycles. The van der Waals surface area contributed by atoms with Crippen molar-refractivity contribution in [1.82, 2.24) is 0 Å². The number of hydrogen-bond donors (Lipinski definition) is 1. The first-order valence-corrected chi connectivity index (χ1v) is 7.00. The minimum Gasteiger partial charge on any atom is -0.390 e. The molecule has 0 bridgehead atoms. The Labute approximate surface area is 99.4 Å². The number of rotatable bonds is 2. The van der Waals surface area contributed by atoms with Gasteiger partial charge in [0.15, 0.2) is 0 Å². The zero-order valence-corrected chi connectivity index (χ0v) is 10.7. The van der Waals surface area contributed by atoms with Crippen molar-refractivity contribution >= 4 is 0 Å². The molecular weight excluding hydrogens is 200 g/mol. The molecule has 94 valence electrons. The molecule has 0 radical (unpaired) electrons. The summed E-state index contributed by atoms with van der Waals surface area (Å²) in [6.07, 6.45) is 8.37. The van der Waals surface area contributed by atoms with Crippen molar-refractivity contribution in [2.24, 2.45) is 11.8 Å². The van der Waals surface area contributed by atoms with Gasteiger partial charge in [-0.3, -0.25) is 0 Å². The third-order valence-electron chi connectivity index (χ3n) is 4.58. The van der Waals surface area contributed by atoms with Gasteiger partial charge in [-0.25, -0.2) is 0 Å². The van der Waals surface area contributed by atoms with Gasteiger partial charge in [0.25, 0.3) is 0 Å². The van der Waals surface area contributed by atoms with Crippen LogP contribution in [0.5, 0.6) is 0 Å². The van der Waals surface area contributed by atoms with E-state index in [0.29, 0.717) is 6.10 Å². The highest BCUT2D eigenvalue weighted by Gasteiger charge is 2.30. The van der Waals surface area contributed by atoms with E-state index in [4.69, 9.17) is 4.74 Å². The minimum atomic E-state index is -0.205. The maximum Gasteiger partial charge on any atom is 0.0837 e. The van der Waals surface area contributed by atoms with Crippen LogP contribution in [0.15, 0.2) is 0 Å². The topological polar surface area (TPSA) is 29.5 Å². The van der Waals surface area contributed by atoms with Crippen LogP contribution in [-0.2, 0) is 4.74 Å². The van der Waals surface area contributed by atoms with Gasteiger partial charge in [-0.05, 0) is 43.9 Å². The number of ether oxygens (including phenoxy) is 1. The van der Waals surface area contributed by atoms with Gasteiger partial charge in [-0.1, -0.05) is 26.7 Å². The summed E-state index contributed by atoms with van der Waals surface area (Å²) < 4.78 is 6.11. The highest BCUT2D eigenvalue weighted by Crippen LogP contribution is 2.33. The molecule has 0 amide bonds. The second kappa shape index (κ2) is 5.50. The molecule has 2 aliphatic rings. The Hall–Kier alpha value is -0.0800. The van der Waals surface area contributed by atoms with E-state index in [2.05, 4.69) is 13.8 Å².